The highest BCUT2D eigenvalue weighted by Gasteiger charge is 2.25. The Hall–Kier alpha value is -1.80. The zero-order valence-electron chi connectivity index (χ0n) is 10.6. The van der Waals surface area contributed by atoms with Crippen molar-refractivity contribution < 1.29 is 13.5 Å². The highest BCUT2D eigenvalue weighted by molar-refractivity contribution is 7.85. The highest BCUT2D eigenvalue weighted by atomic mass is 32.2. The molecule has 0 unspecified atom stereocenters. The predicted molar refractivity (Wildman–Crippen MR) is 73.0 cm³/mol. The van der Waals surface area contributed by atoms with Crippen molar-refractivity contribution in [2.24, 2.45) is 0 Å². The normalized spacial score (nSPS) is 20.9. The van der Waals surface area contributed by atoms with Crippen LogP contribution >= 0.6 is 0 Å². The first-order chi connectivity index (χ1) is 9.65. The lowest BCUT2D eigenvalue weighted by Gasteiger charge is -2.20. The van der Waals surface area contributed by atoms with Gasteiger partial charge < -0.3 is 9.73 Å². The minimum absolute atomic E-state index is 0.0215. The van der Waals surface area contributed by atoms with E-state index in [1.165, 1.54) is 18.2 Å². The van der Waals surface area contributed by atoms with Gasteiger partial charge in [0.05, 0.1) is 10.2 Å². The number of nitro groups is 1. The molecule has 1 aliphatic rings. The summed E-state index contributed by atoms with van der Waals surface area (Å²) in [4.78, 5) is 14.4. The molecule has 8 heteroatoms. The average Bonchev–Trinajstić information content (AvgIpc) is 2.90. The molecule has 1 saturated heterocycles. The fourth-order valence-corrected chi connectivity index (χ4v) is 3.53. The van der Waals surface area contributed by atoms with Gasteiger partial charge in [-0.1, -0.05) is 0 Å². The summed E-state index contributed by atoms with van der Waals surface area (Å²) in [6.45, 7) is 1.61. The van der Waals surface area contributed by atoms with Crippen LogP contribution in [0.15, 0.2) is 27.8 Å². The summed E-state index contributed by atoms with van der Waals surface area (Å²) < 4.78 is 17.8. The Bertz CT molecular complexity index is 678. The zero-order valence-corrected chi connectivity index (χ0v) is 11.4. The molecule has 106 valence electrons. The van der Waals surface area contributed by atoms with Gasteiger partial charge in [-0.2, -0.15) is 0 Å². The first-order valence-electron chi connectivity index (χ1n) is 6.31. The fraction of sp³-hybridized carbons (Fsp3) is 0.417. The lowest BCUT2D eigenvalue weighted by molar-refractivity contribution is -0.384. The molecular formula is C12H13N3O4S. The Balaban J connectivity index is 1.92. The van der Waals surface area contributed by atoms with E-state index >= 15 is 0 Å². The third-order valence-corrected chi connectivity index (χ3v) is 4.82. The molecule has 0 amide bonds. The number of nitro benzene ring substituents is 1. The van der Waals surface area contributed by atoms with E-state index in [9.17, 15) is 14.3 Å². The molecule has 1 aromatic carbocycles. The van der Waals surface area contributed by atoms with Gasteiger partial charge in [-0.15, -0.1) is 0 Å². The van der Waals surface area contributed by atoms with Crippen molar-refractivity contribution in [3.63, 3.8) is 0 Å². The Morgan fingerprint density at radius 1 is 1.50 bits per heavy atom. The van der Waals surface area contributed by atoms with Crippen LogP contribution in [0, 0.1) is 10.1 Å². The Morgan fingerprint density at radius 3 is 3.05 bits per heavy atom. The molecule has 0 bridgehead atoms. The maximum atomic E-state index is 12.4. The predicted octanol–water partition coefficient (Wildman–Crippen LogP) is 1.60. The molecule has 1 fully saturated rings. The Labute approximate surface area is 117 Å². The van der Waals surface area contributed by atoms with Crippen LogP contribution in [0.5, 0.6) is 0 Å². The molecule has 2 heterocycles. The maximum Gasteiger partial charge on any atom is 0.288 e. The number of nitrogens with one attached hydrogen (secondary N) is 1. The van der Waals surface area contributed by atoms with Crippen LogP contribution in [0.3, 0.4) is 0 Å². The average molecular weight is 295 g/mol. The van der Waals surface area contributed by atoms with Crippen molar-refractivity contribution in [2.75, 3.05) is 13.1 Å². The van der Waals surface area contributed by atoms with Crippen LogP contribution < -0.4 is 5.32 Å². The number of aromatic nitrogens is 1. The smallest absolute Gasteiger partial charge is 0.288 e. The van der Waals surface area contributed by atoms with Crippen molar-refractivity contribution in [3.05, 3.63) is 28.3 Å². The second kappa shape index (κ2) is 5.29. The van der Waals surface area contributed by atoms with Crippen molar-refractivity contribution in [2.45, 2.75) is 23.3 Å². The molecule has 2 aromatic rings. The van der Waals surface area contributed by atoms with Crippen LogP contribution in [0.1, 0.15) is 12.8 Å². The first-order valence-corrected chi connectivity index (χ1v) is 7.53. The number of benzene rings is 1. The monoisotopic (exact) mass is 295 g/mol. The molecule has 0 saturated carbocycles. The number of oxazole rings is 1. The second-order valence-corrected chi connectivity index (χ2v) is 6.27. The quantitative estimate of drug-likeness (QED) is 0.682. The van der Waals surface area contributed by atoms with Gasteiger partial charge in [-0.25, -0.2) is 9.19 Å². The largest absolute Gasteiger partial charge is 0.430 e. The Kier molecular flexibility index (Phi) is 3.49. The van der Waals surface area contributed by atoms with Crippen molar-refractivity contribution in [1.29, 1.82) is 0 Å². The first kappa shape index (κ1) is 13.2. The fourth-order valence-electron chi connectivity index (χ4n) is 2.24. The van der Waals surface area contributed by atoms with Gasteiger partial charge in [0.25, 0.3) is 10.9 Å². The van der Waals surface area contributed by atoms with E-state index in [2.05, 4.69) is 10.3 Å². The van der Waals surface area contributed by atoms with E-state index in [1.54, 1.807) is 0 Å². The molecule has 0 aliphatic carbocycles. The molecule has 20 heavy (non-hydrogen) atoms. The summed E-state index contributed by atoms with van der Waals surface area (Å²) in [7, 11) is -1.33. The van der Waals surface area contributed by atoms with Crippen LogP contribution in [0.2, 0.25) is 0 Å². The number of hydrogen-bond acceptors (Lipinski definition) is 6. The number of nitrogens with zero attached hydrogens (tertiary/aromatic N) is 2. The van der Waals surface area contributed by atoms with Gasteiger partial charge in [-0.3, -0.25) is 10.1 Å². The van der Waals surface area contributed by atoms with Gasteiger partial charge in [0.15, 0.2) is 5.58 Å². The van der Waals surface area contributed by atoms with Gasteiger partial charge in [0.1, 0.15) is 16.3 Å². The molecule has 2 atom stereocenters. The van der Waals surface area contributed by atoms with Crippen LogP contribution in [-0.4, -0.2) is 32.5 Å². The molecule has 0 radical (unpaired) electrons. The molecule has 3 rings (SSSR count). The van der Waals surface area contributed by atoms with E-state index in [4.69, 9.17) is 4.42 Å². The summed E-state index contributed by atoms with van der Waals surface area (Å²) in [5.41, 5.74) is 0.733. The van der Waals surface area contributed by atoms with E-state index in [0.717, 1.165) is 19.4 Å². The van der Waals surface area contributed by atoms with Crippen molar-refractivity contribution >= 4 is 27.6 Å². The van der Waals surface area contributed by atoms with E-state index in [1.807, 2.05) is 0 Å². The number of fused-ring (bicyclic) bond motifs is 1. The topological polar surface area (TPSA) is 98.3 Å². The molecule has 1 aliphatic heterocycles. The van der Waals surface area contributed by atoms with Crippen molar-refractivity contribution in [1.82, 2.24) is 10.3 Å². The molecule has 1 aromatic heterocycles. The summed E-state index contributed by atoms with van der Waals surface area (Å²) in [5.74, 6) is 0. The summed E-state index contributed by atoms with van der Waals surface area (Å²) >= 11 is 0. The van der Waals surface area contributed by atoms with E-state index in [0.29, 0.717) is 17.6 Å². The van der Waals surface area contributed by atoms with Gasteiger partial charge in [-0.05, 0) is 25.5 Å². The van der Waals surface area contributed by atoms with Gasteiger partial charge in [0.2, 0.25) is 0 Å². The maximum absolute atomic E-state index is 12.4. The Morgan fingerprint density at radius 2 is 2.35 bits per heavy atom. The lowest BCUT2D eigenvalue weighted by Crippen LogP contribution is -2.36. The minimum Gasteiger partial charge on any atom is -0.430 e. The lowest BCUT2D eigenvalue weighted by atomic mass is 10.2. The van der Waals surface area contributed by atoms with Crippen molar-refractivity contribution in [3.8, 4) is 0 Å². The SMILES string of the molecule is O=[N+]([O-])c1ccc2oc([S@](=O)[C@@H]3CCCNC3)nc2c1. The number of non-ortho nitro benzene ring substituents is 1. The minimum atomic E-state index is -1.33. The highest BCUT2D eigenvalue weighted by Crippen LogP contribution is 2.24. The third kappa shape index (κ3) is 2.44. The van der Waals surface area contributed by atoms with Gasteiger partial charge >= 0.3 is 0 Å². The zero-order chi connectivity index (χ0) is 14.1. The molecule has 7 nitrogen and oxygen atoms in total. The summed E-state index contributed by atoms with van der Waals surface area (Å²) in [6, 6.07) is 4.17. The molecular weight excluding hydrogens is 282 g/mol. The van der Waals surface area contributed by atoms with Crippen LogP contribution in [0.25, 0.3) is 11.1 Å². The third-order valence-electron chi connectivity index (χ3n) is 3.29. The number of rotatable bonds is 3. The molecule has 1 N–H and O–H groups in total. The van der Waals surface area contributed by atoms with Crippen LogP contribution in [0.4, 0.5) is 5.69 Å². The summed E-state index contributed by atoms with van der Waals surface area (Å²) in [5, 5.41) is 14.0. The van der Waals surface area contributed by atoms with E-state index < -0.39 is 15.7 Å². The number of piperidine rings is 1. The second-order valence-electron chi connectivity index (χ2n) is 4.65. The molecule has 0 spiro atoms. The summed E-state index contributed by atoms with van der Waals surface area (Å²) in [6.07, 6.45) is 1.83. The van der Waals surface area contributed by atoms with Crippen LogP contribution in [-0.2, 0) is 10.8 Å². The standard InChI is InChI=1S/C12H13N3O4S/c16-15(17)8-3-4-11-10(6-8)14-12(19-11)20(18)9-2-1-5-13-7-9/h3-4,6,9,13H,1-2,5,7H2/t9-,20-/m1/s1. The number of hydrogen-bond donors (Lipinski definition) is 1. The van der Waals surface area contributed by atoms with Gasteiger partial charge in [0, 0.05) is 18.7 Å². The van der Waals surface area contributed by atoms with E-state index in [-0.39, 0.29) is 16.2 Å².